The van der Waals surface area contributed by atoms with Crippen molar-refractivity contribution in [3.63, 3.8) is 0 Å². The zero-order chi connectivity index (χ0) is 19.4. The van der Waals surface area contributed by atoms with Gasteiger partial charge >= 0.3 is 0 Å². The van der Waals surface area contributed by atoms with Crippen molar-refractivity contribution in [2.24, 2.45) is 0 Å². The number of hydrogen-bond acceptors (Lipinski definition) is 4. The average Bonchev–Trinajstić information content (AvgIpc) is 3.21. The summed E-state index contributed by atoms with van der Waals surface area (Å²) in [5.74, 6) is 1.19. The standard InChI is InChI=1S/C20H19ClN2O4/c1-25-14-8-13(9-15(10-14)26-2)22-20(24)16-11-17(21)18(12-19(16)27-3)23-6-4-5-7-23/h4-12H,1-3H3,(H,22,24). The van der Waals surface area contributed by atoms with Crippen molar-refractivity contribution in [3.05, 3.63) is 65.4 Å². The lowest BCUT2D eigenvalue weighted by molar-refractivity contribution is 0.102. The van der Waals surface area contributed by atoms with Gasteiger partial charge in [-0.05, 0) is 18.2 Å². The van der Waals surface area contributed by atoms with Gasteiger partial charge in [0.2, 0.25) is 0 Å². The van der Waals surface area contributed by atoms with Gasteiger partial charge in [0.25, 0.3) is 5.91 Å². The maximum atomic E-state index is 12.8. The molecule has 1 aromatic heterocycles. The van der Waals surface area contributed by atoms with E-state index in [0.29, 0.717) is 33.5 Å². The summed E-state index contributed by atoms with van der Waals surface area (Å²) in [7, 11) is 4.60. The van der Waals surface area contributed by atoms with Crippen LogP contribution in [0.25, 0.3) is 5.69 Å². The number of anilines is 1. The molecule has 1 amide bonds. The monoisotopic (exact) mass is 386 g/mol. The first-order chi connectivity index (χ1) is 13.0. The number of methoxy groups -OCH3 is 3. The van der Waals surface area contributed by atoms with Crippen molar-refractivity contribution in [3.8, 4) is 22.9 Å². The molecule has 7 heteroatoms. The van der Waals surface area contributed by atoms with Gasteiger partial charge in [-0.3, -0.25) is 4.79 Å². The van der Waals surface area contributed by atoms with E-state index in [2.05, 4.69) is 5.32 Å². The number of carbonyl (C=O) groups is 1. The van der Waals surface area contributed by atoms with Gasteiger partial charge in [-0.2, -0.15) is 0 Å². The highest BCUT2D eigenvalue weighted by molar-refractivity contribution is 6.33. The van der Waals surface area contributed by atoms with Crippen LogP contribution >= 0.6 is 11.6 Å². The Kier molecular flexibility index (Phi) is 5.57. The van der Waals surface area contributed by atoms with Gasteiger partial charge in [0, 0.05) is 42.3 Å². The number of ether oxygens (including phenoxy) is 3. The van der Waals surface area contributed by atoms with E-state index in [1.165, 1.54) is 7.11 Å². The van der Waals surface area contributed by atoms with E-state index < -0.39 is 0 Å². The Morgan fingerprint density at radius 2 is 1.56 bits per heavy atom. The number of rotatable bonds is 6. The summed E-state index contributed by atoms with van der Waals surface area (Å²) in [6, 6.07) is 12.2. The number of nitrogens with one attached hydrogen (secondary N) is 1. The summed E-state index contributed by atoms with van der Waals surface area (Å²) in [6.07, 6.45) is 3.73. The number of carbonyl (C=O) groups excluding carboxylic acids is 1. The molecular formula is C20H19ClN2O4. The number of benzene rings is 2. The van der Waals surface area contributed by atoms with Crippen LogP contribution in [0.3, 0.4) is 0 Å². The summed E-state index contributed by atoms with van der Waals surface area (Å²) < 4.78 is 17.7. The Morgan fingerprint density at radius 3 is 2.11 bits per heavy atom. The summed E-state index contributed by atoms with van der Waals surface area (Å²) in [5, 5.41) is 3.25. The van der Waals surface area contributed by atoms with Gasteiger partial charge in [-0.15, -0.1) is 0 Å². The molecule has 0 aliphatic heterocycles. The van der Waals surface area contributed by atoms with E-state index >= 15 is 0 Å². The Balaban J connectivity index is 1.94. The second kappa shape index (κ2) is 8.05. The molecule has 0 saturated heterocycles. The van der Waals surface area contributed by atoms with E-state index in [9.17, 15) is 4.79 Å². The van der Waals surface area contributed by atoms with E-state index in [-0.39, 0.29) is 5.91 Å². The molecular weight excluding hydrogens is 368 g/mol. The highest BCUT2D eigenvalue weighted by Gasteiger charge is 2.17. The molecule has 140 valence electrons. The molecule has 0 spiro atoms. The average molecular weight is 387 g/mol. The molecule has 3 aromatic rings. The highest BCUT2D eigenvalue weighted by atomic mass is 35.5. The zero-order valence-corrected chi connectivity index (χ0v) is 15.9. The van der Waals surface area contributed by atoms with Crippen molar-refractivity contribution >= 4 is 23.2 Å². The maximum Gasteiger partial charge on any atom is 0.259 e. The third kappa shape index (κ3) is 4.01. The minimum absolute atomic E-state index is 0.320. The smallest absolute Gasteiger partial charge is 0.259 e. The van der Waals surface area contributed by atoms with E-state index in [0.717, 1.165) is 5.69 Å². The quantitative estimate of drug-likeness (QED) is 0.681. The summed E-state index contributed by atoms with van der Waals surface area (Å²) in [5.41, 5.74) is 1.57. The molecule has 0 bridgehead atoms. The van der Waals surface area contributed by atoms with Gasteiger partial charge in [-0.25, -0.2) is 0 Å². The maximum absolute atomic E-state index is 12.8. The fourth-order valence-corrected chi connectivity index (χ4v) is 2.92. The third-order valence-electron chi connectivity index (χ3n) is 4.01. The predicted octanol–water partition coefficient (Wildman–Crippen LogP) is 4.41. The Bertz CT molecular complexity index is 933. The fourth-order valence-electron chi connectivity index (χ4n) is 2.66. The molecule has 0 radical (unpaired) electrons. The van der Waals surface area contributed by atoms with Crippen LogP contribution in [-0.4, -0.2) is 31.8 Å². The second-order valence-electron chi connectivity index (χ2n) is 5.65. The zero-order valence-electron chi connectivity index (χ0n) is 15.2. The molecule has 0 aliphatic rings. The lowest BCUT2D eigenvalue weighted by atomic mass is 10.1. The van der Waals surface area contributed by atoms with Crippen molar-refractivity contribution in [2.75, 3.05) is 26.6 Å². The number of aromatic nitrogens is 1. The molecule has 3 rings (SSSR count). The highest BCUT2D eigenvalue weighted by Crippen LogP contribution is 2.31. The molecule has 0 atom stereocenters. The second-order valence-corrected chi connectivity index (χ2v) is 6.06. The number of nitrogens with zero attached hydrogens (tertiary/aromatic N) is 1. The topological polar surface area (TPSA) is 61.7 Å². The van der Waals surface area contributed by atoms with Crippen molar-refractivity contribution in [1.29, 1.82) is 0 Å². The van der Waals surface area contributed by atoms with Crippen LogP contribution in [0.2, 0.25) is 5.02 Å². The van der Waals surface area contributed by atoms with Crippen LogP contribution in [-0.2, 0) is 0 Å². The minimum atomic E-state index is -0.358. The lowest BCUT2D eigenvalue weighted by Crippen LogP contribution is -2.14. The molecule has 2 aromatic carbocycles. The molecule has 1 heterocycles. The molecule has 6 nitrogen and oxygen atoms in total. The normalized spacial score (nSPS) is 10.4. The molecule has 0 fully saturated rings. The first-order valence-electron chi connectivity index (χ1n) is 8.11. The van der Waals surface area contributed by atoms with Crippen LogP contribution in [0.5, 0.6) is 17.2 Å². The van der Waals surface area contributed by atoms with E-state index in [1.807, 2.05) is 29.1 Å². The van der Waals surface area contributed by atoms with Gasteiger partial charge in [-0.1, -0.05) is 11.6 Å². The fraction of sp³-hybridized carbons (Fsp3) is 0.150. The Morgan fingerprint density at radius 1 is 0.926 bits per heavy atom. The molecule has 0 saturated carbocycles. The third-order valence-corrected chi connectivity index (χ3v) is 4.31. The molecule has 0 unspecified atom stereocenters. The van der Waals surface area contributed by atoms with Crippen LogP contribution in [0, 0.1) is 0 Å². The van der Waals surface area contributed by atoms with Gasteiger partial charge in [0.15, 0.2) is 0 Å². The summed E-state index contributed by atoms with van der Waals surface area (Å²) in [4.78, 5) is 12.8. The lowest BCUT2D eigenvalue weighted by Gasteiger charge is -2.14. The summed E-state index contributed by atoms with van der Waals surface area (Å²) in [6.45, 7) is 0. The van der Waals surface area contributed by atoms with Crippen LogP contribution in [0.1, 0.15) is 10.4 Å². The first kappa shape index (κ1) is 18.7. The minimum Gasteiger partial charge on any atom is -0.497 e. The molecule has 0 aliphatic carbocycles. The van der Waals surface area contributed by atoms with Crippen molar-refractivity contribution in [2.45, 2.75) is 0 Å². The molecule has 27 heavy (non-hydrogen) atoms. The summed E-state index contributed by atoms with van der Waals surface area (Å²) >= 11 is 6.40. The van der Waals surface area contributed by atoms with Crippen molar-refractivity contribution in [1.82, 2.24) is 4.57 Å². The number of amides is 1. The van der Waals surface area contributed by atoms with E-state index in [1.54, 1.807) is 44.6 Å². The predicted molar refractivity (Wildman–Crippen MR) is 105 cm³/mol. The van der Waals surface area contributed by atoms with Crippen LogP contribution in [0.4, 0.5) is 5.69 Å². The van der Waals surface area contributed by atoms with Crippen molar-refractivity contribution < 1.29 is 19.0 Å². The van der Waals surface area contributed by atoms with Gasteiger partial charge in [0.1, 0.15) is 17.2 Å². The van der Waals surface area contributed by atoms with E-state index in [4.69, 9.17) is 25.8 Å². The Labute approximate surface area is 162 Å². The largest absolute Gasteiger partial charge is 0.497 e. The first-order valence-corrected chi connectivity index (χ1v) is 8.48. The van der Waals surface area contributed by atoms with Gasteiger partial charge in [0.05, 0.1) is 37.6 Å². The SMILES string of the molecule is COc1cc(NC(=O)c2cc(Cl)c(-n3cccc3)cc2OC)cc(OC)c1. The Hall–Kier alpha value is -3.12. The molecule has 1 N–H and O–H groups in total. The van der Waals surface area contributed by atoms with Crippen LogP contribution in [0.15, 0.2) is 54.9 Å². The number of halogens is 1. The number of hydrogen-bond donors (Lipinski definition) is 1. The van der Waals surface area contributed by atoms with Crippen LogP contribution < -0.4 is 19.5 Å². The van der Waals surface area contributed by atoms with Gasteiger partial charge < -0.3 is 24.1 Å².